The summed E-state index contributed by atoms with van der Waals surface area (Å²) in [6.45, 7) is 2.13. The lowest BCUT2D eigenvalue weighted by Gasteiger charge is -2.11. The van der Waals surface area contributed by atoms with Crippen molar-refractivity contribution in [3.05, 3.63) is 151 Å². The Morgan fingerprint density at radius 1 is 0.442 bits per heavy atom. The number of aryl methyl sites for hydroxylation is 1. The molecule has 3 nitrogen and oxygen atoms in total. The zero-order valence-corrected chi connectivity index (χ0v) is 23.7. The fourth-order valence-electron chi connectivity index (χ4n) is 6.84. The summed E-state index contributed by atoms with van der Waals surface area (Å²) < 4.78 is 4.75. The van der Waals surface area contributed by atoms with Gasteiger partial charge in [0.25, 0.3) is 0 Å². The molecule has 9 rings (SSSR count). The van der Waals surface area contributed by atoms with Crippen molar-refractivity contribution in [2.75, 3.05) is 0 Å². The van der Waals surface area contributed by atoms with E-state index in [2.05, 4.69) is 150 Å². The van der Waals surface area contributed by atoms with Crippen molar-refractivity contribution in [3.8, 4) is 22.6 Å². The average Bonchev–Trinajstić information content (AvgIpc) is 3.56. The van der Waals surface area contributed by atoms with Gasteiger partial charge in [0.1, 0.15) is 5.82 Å². The molecular weight excluding hydrogens is 522 g/mol. The summed E-state index contributed by atoms with van der Waals surface area (Å²) in [4.78, 5) is 4.83. The maximum absolute atomic E-state index is 4.83. The second-order valence-electron chi connectivity index (χ2n) is 11.3. The minimum absolute atomic E-state index is 0.972. The van der Waals surface area contributed by atoms with Gasteiger partial charge in [-0.25, -0.2) is 4.98 Å². The molecule has 0 radical (unpaired) electrons. The van der Waals surface area contributed by atoms with Crippen molar-refractivity contribution in [2.45, 2.75) is 6.92 Å². The van der Waals surface area contributed by atoms with E-state index in [9.17, 15) is 0 Å². The second-order valence-corrected chi connectivity index (χ2v) is 11.3. The van der Waals surface area contributed by atoms with Gasteiger partial charge in [0.05, 0.1) is 22.1 Å². The van der Waals surface area contributed by atoms with Gasteiger partial charge < -0.3 is 4.57 Å². The van der Waals surface area contributed by atoms with Gasteiger partial charge in [-0.15, -0.1) is 0 Å². The molecule has 43 heavy (non-hydrogen) atoms. The molecule has 0 aliphatic carbocycles. The number of hydrogen-bond donors (Lipinski definition) is 0. The van der Waals surface area contributed by atoms with E-state index < -0.39 is 0 Å². The molecule has 0 saturated heterocycles. The molecule has 0 amide bonds. The predicted molar refractivity (Wildman–Crippen MR) is 181 cm³/mol. The molecule has 3 heterocycles. The van der Waals surface area contributed by atoms with Crippen molar-refractivity contribution >= 4 is 54.4 Å². The second kappa shape index (κ2) is 9.17. The molecule has 9 aromatic rings. The summed E-state index contributed by atoms with van der Waals surface area (Å²) >= 11 is 0. The summed E-state index contributed by atoms with van der Waals surface area (Å²) in [7, 11) is 0. The molecule has 3 heteroatoms. The smallest absolute Gasteiger partial charge is 0.140 e. The number of nitrogens with zero attached hydrogens (tertiary/aromatic N) is 3. The van der Waals surface area contributed by atoms with Crippen LogP contribution in [0.4, 0.5) is 0 Å². The van der Waals surface area contributed by atoms with E-state index in [-0.39, 0.29) is 0 Å². The van der Waals surface area contributed by atoms with Crippen molar-refractivity contribution < 1.29 is 0 Å². The lowest BCUT2D eigenvalue weighted by atomic mass is 10.0. The van der Waals surface area contributed by atoms with Crippen LogP contribution in [0.2, 0.25) is 0 Å². The van der Waals surface area contributed by atoms with Crippen LogP contribution in [0.15, 0.2) is 146 Å². The van der Waals surface area contributed by atoms with Crippen molar-refractivity contribution in [1.82, 2.24) is 14.1 Å². The third-order valence-corrected chi connectivity index (χ3v) is 8.85. The molecule has 3 aromatic heterocycles. The Kier molecular flexibility index (Phi) is 5.11. The third kappa shape index (κ3) is 3.58. The molecule has 0 N–H and O–H groups in total. The van der Waals surface area contributed by atoms with Gasteiger partial charge in [-0.05, 0) is 82.9 Å². The highest BCUT2D eigenvalue weighted by Crippen LogP contribution is 2.40. The Balaban J connectivity index is 1.34. The van der Waals surface area contributed by atoms with Gasteiger partial charge in [-0.3, -0.25) is 4.57 Å². The summed E-state index contributed by atoms with van der Waals surface area (Å²) in [5, 5.41) is 7.44. The Hall–Kier alpha value is -5.67. The molecule has 0 unspecified atom stereocenters. The highest BCUT2D eigenvalue weighted by Gasteiger charge is 2.19. The fraction of sp³-hybridized carbons (Fsp3) is 0.0250. The Morgan fingerprint density at radius 2 is 1.09 bits per heavy atom. The van der Waals surface area contributed by atoms with E-state index >= 15 is 0 Å². The molecule has 0 bridgehead atoms. The maximum Gasteiger partial charge on any atom is 0.140 e. The number of hydrogen-bond acceptors (Lipinski definition) is 1. The van der Waals surface area contributed by atoms with Crippen LogP contribution in [-0.2, 0) is 0 Å². The summed E-state index contributed by atoms with van der Waals surface area (Å²) in [6, 6.07) is 50.5. The third-order valence-electron chi connectivity index (χ3n) is 8.85. The van der Waals surface area contributed by atoms with Crippen LogP contribution in [0.5, 0.6) is 0 Å². The van der Waals surface area contributed by atoms with Crippen molar-refractivity contribution in [2.24, 2.45) is 0 Å². The number of pyridine rings is 1. The average molecular weight is 550 g/mol. The van der Waals surface area contributed by atoms with Crippen LogP contribution < -0.4 is 0 Å². The van der Waals surface area contributed by atoms with Gasteiger partial charge in [-0.2, -0.15) is 0 Å². The number of rotatable bonds is 3. The zero-order valence-electron chi connectivity index (χ0n) is 23.7. The number of benzene rings is 6. The Labute approximate surface area is 248 Å². The maximum atomic E-state index is 4.83. The molecular formula is C40H27N3. The topological polar surface area (TPSA) is 22.8 Å². The first-order valence-electron chi connectivity index (χ1n) is 14.7. The van der Waals surface area contributed by atoms with Crippen LogP contribution in [-0.4, -0.2) is 14.1 Å². The lowest BCUT2D eigenvalue weighted by Crippen LogP contribution is -1.99. The van der Waals surface area contributed by atoms with E-state index in [0.29, 0.717) is 0 Å². The molecule has 0 spiro atoms. The summed E-state index contributed by atoms with van der Waals surface area (Å²) in [5.74, 6) is 0.972. The molecule has 0 fully saturated rings. The van der Waals surface area contributed by atoms with Crippen LogP contribution in [0.1, 0.15) is 5.56 Å². The van der Waals surface area contributed by atoms with Crippen LogP contribution >= 0.6 is 0 Å². The highest BCUT2D eigenvalue weighted by atomic mass is 15.1. The Morgan fingerprint density at radius 3 is 1.86 bits per heavy atom. The van der Waals surface area contributed by atoms with Crippen molar-refractivity contribution in [3.63, 3.8) is 0 Å². The minimum Gasteiger partial charge on any atom is -0.309 e. The number of aromatic nitrogens is 3. The summed E-state index contributed by atoms with van der Waals surface area (Å²) in [5.41, 5.74) is 9.47. The molecule has 6 aromatic carbocycles. The van der Waals surface area contributed by atoms with E-state index in [0.717, 1.165) is 17.1 Å². The normalized spacial score (nSPS) is 11.8. The largest absolute Gasteiger partial charge is 0.309 e. The van der Waals surface area contributed by atoms with Crippen LogP contribution in [0.25, 0.3) is 77.0 Å². The highest BCUT2D eigenvalue weighted by molar-refractivity contribution is 6.19. The zero-order chi connectivity index (χ0) is 28.5. The van der Waals surface area contributed by atoms with E-state index in [4.69, 9.17) is 4.98 Å². The van der Waals surface area contributed by atoms with Gasteiger partial charge in [0, 0.05) is 33.4 Å². The van der Waals surface area contributed by atoms with Crippen molar-refractivity contribution in [1.29, 1.82) is 0 Å². The molecule has 0 saturated carbocycles. The Bertz CT molecular complexity index is 2530. The van der Waals surface area contributed by atoms with Gasteiger partial charge >= 0.3 is 0 Å². The van der Waals surface area contributed by atoms with Crippen LogP contribution in [0, 0.1) is 6.92 Å². The molecule has 0 atom stereocenters. The van der Waals surface area contributed by atoms with Gasteiger partial charge in [0.2, 0.25) is 0 Å². The van der Waals surface area contributed by atoms with E-state index in [1.807, 2.05) is 12.3 Å². The SMILES string of the molecule is Cc1cccnc1-n1c2ccccc2c2cc3c(cc21)c1ccccc1n3-c1cccc(-c2ccc3ccccc3c2)c1. The monoisotopic (exact) mass is 549 g/mol. The van der Waals surface area contributed by atoms with E-state index in [1.165, 1.54) is 65.5 Å². The molecule has 0 aliphatic heterocycles. The minimum atomic E-state index is 0.972. The molecule has 0 aliphatic rings. The molecule has 202 valence electrons. The number of para-hydroxylation sites is 2. The first kappa shape index (κ1) is 24.0. The van der Waals surface area contributed by atoms with Gasteiger partial charge in [-0.1, -0.05) is 91.0 Å². The predicted octanol–water partition coefficient (Wildman–Crippen LogP) is 10.4. The number of fused-ring (bicyclic) bond motifs is 7. The standard InChI is InChI=1S/C40H27N3/c1-26-10-9-21-41-40(26)43-37-18-7-5-16-33(37)35-24-38-34(25-39(35)43)32-15-4-6-17-36(32)42(38)31-14-8-13-29(23-31)30-20-19-27-11-2-3-12-28(27)22-30/h2-25H,1H3. The van der Waals surface area contributed by atoms with Crippen LogP contribution in [0.3, 0.4) is 0 Å². The summed E-state index contributed by atoms with van der Waals surface area (Å²) in [6.07, 6.45) is 1.88. The first-order chi connectivity index (χ1) is 21.2. The fourth-order valence-corrected chi connectivity index (χ4v) is 6.84. The van der Waals surface area contributed by atoms with E-state index in [1.54, 1.807) is 0 Å². The quantitative estimate of drug-likeness (QED) is 0.215. The van der Waals surface area contributed by atoms with Gasteiger partial charge in [0.15, 0.2) is 0 Å². The first-order valence-corrected chi connectivity index (χ1v) is 14.7. The lowest BCUT2D eigenvalue weighted by molar-refractivity contribution is 1.05.